The number of benzene rings is 2. The highest BCUT2D eigenvalue weighted by Crippen LogP contribution is 2.52. The molecular weight excluding hydrogens is 929 g/mol. The van der Waals surface area contributed by atoms with Crippen LogP contribution in [0.15, 0.2) is 94.4 Å². The zero-order valence-corrected chi connectivity index (χ0v) is 39.1. The molecule has 354 valence electrons. The number of amides is 3. The topological polar surface area (TPSA) is 286 Å². The summed E-state index contributed by atoms with van der Waals surface area (Å²) >= 11 is 0.699. The molecule has 65 heavy (non-hydrogen) atoms. The van der Waals surface area contributed by atoms with Gasteiger partial charge in [-0.25, -0.2) is 25.3 Å². The first-order valence-electron chi connectivity index (χ1n) is 20.5. The maximum absolute atomic E-state index is 12.6. The third-order valence-corrected chi connectivity index (χ3v) is 14.4. The molecule has 0 fully saturated rings. The van der Waals surface area contributed by atoms with Gasteiger partial charge >= 0.3 is 0 Å². The fourth-order valence-corrected chi connectivity index (χ4v) is 10.2. The van der Waals surface area contributed by atoms with E-state index >= 15 is 0 Å². The number of carbonyl (C=O) groups excluding carboxylic acids is 3. The smallest absolute Gasteiger partial charge is 0.253 e. The molecule has 3 aliphatic rings. The summed E-state index contributed by atoms with van der Waals surface area (Å²) in [6.45, 7) is 6.04. The summed E-state index contributed by atoms with van der Waals surface area (Å²) in [6, 6.07) is 9.25. The lowest BCUT2D eigenvalue weighted by atomic mass is 9.77. The average molecular weight is 978 g/mol. The quantitative estimate of drug-likeness (QED) is 0.0231. The first-order chi connectivity index (χ1) is 30.5. The Labute approximate surface area is 382 Å². The van der Waals surface area contributed by atoms with Crippen LogP contribution in [0.5, 0.6) is 0 Å². The van der Waals surface area contributed by atoms with Gasteiger partial charge in [-0.1, -0.05) is 31.1 Å². The number of anilines is 1. The first-order valence-corrected chi connectivity index (χ1v) is 25.8. The molecule has 0 radical (unpaired) electrons. The molecule has 0 saturated heterocycles. The molecule has 0 saturated carbocycles. The molecule has 0 spiro atoms. The molecule has 3 amide bonds. The third kappa shape index (κ3) is 13.3. The van der Waals surface area contributed by atoms with E-state index in [1.165, 1.54) is 30.4 Å². The maximum atomic E-state index is 12.6. The Bertz CT molecular complexity index is 2640. The fraction of sp³-hybridized carbons (Fsp3) is 0.429. The van der Waals surface area contributed by atoms with Crippen LogP contribution in [-0.4, -0.2) is 110 Å². The van der Waals surface area contributed by atoms with Crippen LogP contribution in [0.1, 0.15) is 76.8 Å². The number of allylic oxidation sites excluding steroid dienone is 6. The van der Waals surface area contributed by atoms with Gasteiger partial charge in [0.25, 0.3) is 11.8 Å². The Morgan fingerprint density at radius 2 is 1.51 bits per heavy atom. The molecule has 0 aliphatic carbocycles. The normalized spacial score (nSPS) is 19.2. The lowest BCUT2D eigenvalue weighted by molar-refractivity contribution is -0.777. The largest absolute Gasteiger partial charge is 0.748 e. The van der Waals surface area contributed by atoms with Crippen molar-refractivity contribution in [1.29, 1.82) is 0 Å². The van der Waals surface area contributed by atoms with Crippen LogP contribution in [0.3, 0.4) is 0 Å². The van der Waals surface area contributed by atoms with E-state index in [0.717, 1.165) is 21.8 Å². The summed E-state index contributed by atoms with van der Waals surface area (Å²) in [7, 11) is -13.9. The standard InChI is InChI=1S/C42H52N4O15S4/c1-41(2)32-29-31(65(57,58)59)16-18-34(32)44(23-10-26-63(51,52)53)36(41)12-6-4-7-13-37-42(3,21-9-5-8-14-38(47)43-22-25-46-39(48)19-20-40(46)49)33-28-30(62-61-60-50)15-17-35(33)45(37)24-11-27-64(54,55)56/h4,6-7,12-13,15-20,28-29H,5,8-11,14,21-27H2,1-3H3,(H4-,43,47,50,51,52,53,54,55,56,57,58,59)/p-3. The predicted molar refractivity (Wildman–Crippen MR) is 233 cm³/mol. The van der Waals surface area contributed by atoms with E-state index < -0.39 is 69.4 Å². The average Bonchev–Trinajstić information content (AvgIpc) is 3.74. The molecule has 2 aromatic rings. The van der Waals surface area contributed by atoms with Crippen molar-refractivity contribution in [3.8, 4) is 0 Å². The molecule has 3 aliphatic heterocycles. The number of carbonyl (C=O) groups is 3. The molecule has 3 heterocycles. The number of hydrogen-bond donors (Lipinski definition) is 1. The van der Waals surface area contributed by atoms with Crippen molar-refractivity contribution in [3.05, 3.63) is 95.8 Å². The number of unbranched alkanes of at least 4 members (excludes halogenated alkanes) is 2. The number of hydrogen-bond acceptors (Lipinski definition) is 17. The van der Waals surface area contributed by atoms with Crippen LogP contribution in [0.2, 0.25) is 0 Å². The molecule has 2 aromatic carbocycles. The van der Waals surface area contributed by atoms with Crippen LogP contribution in [0.25, 0.3) is 0 Å². The van der Waals surface area contributed by atoms with Crippen molar-refractivity contribution in [2.24, 2.45) is 0 Å². The summed E-state index contributed by atoms with van der Waals surface area (Å²) in [5.74, 6) is -2.35. The van der Waals surface area contributed by atoms with Gasteiger partial charge in [0.05, 0.1) is 42.6 Å². The number of nitrogens with one attached hydrogen (secondary N) is 1. The van der Waals surface area contributed by atoms with E-state index in [2.05, 4.69) is 14.7 Å². The second kappa shape index (κ2) is 21.4. The zero-order valence-electron chi connectivity index (χ0n) is 35.8. The zero-order chi connectivity index (χ0) is 47.8. The van der Waals surface area contributed by atoms with Gasteiger partial charge in [-0.2, -0.15) is 8.91 Å². The molecule has 1 atom stereocenters. The van der Waals surface area contributed by atoms with E-state index in [-0.39, 0.29) is 51.3 Å². The van der Waals surface area contributed by atoms with E-state index in [1.807, 2.05) is 37.8 Å². The molecule has 0 aromatic heterocycles. The number of rotatable bonds is 24. The van der Waals surface area contributed by atoms with Crippen LogP contribution in [-0.2, 0) is 64.9 Å². The Balaban J connectivity index is 1.41. The Hall–Kier alpha value is -4.56. The van der Waals surface area contributed by atoms with Crippen molar-refractivity contribution in [2.75, 3.05) is 42.6 Å². The summed E-state index contributed by atoms with van der Waals surface area (Å²) in [5, 5.41) is 17.0. The molecule has 0 bridgehead atoms. The lowest BCUT2D eigenvalue weighted by Gasteiger charge is -2.30. The van der Waals surface area contributed by atoms with Crippen molar-refractivity contribution in [1.82, 2.24) is 10.2 Å². The monoisotopic (exact) mass is 977 g/mol. The van der Waals surface area contributed by atoms with E-state index in [4.69, 9.17) is 0 Å². The molecule has 23 heteroatoms. The molecule has 1 N–H and O–H groups in total. The van der Waals surface area contributed by atoms with Gasteiger partial charge in [-0.15, -0.1) is 0 Å². The molecular formula is C42H49N4O15S4-3. The van der Waals surface area contributed by atoms with Crippen LogP contribution < -0.4 is 15.5 Å². The van der Waals surface area contributed by atoms with Gasteiger partial charge in [0.1, 0.15) is 16.7 Å². The molecule has 1 unspecified atom stereocenters. The third-order valence-electron chi connectivity index (χ3n) is 11.4. The highest BCUT2D eigenvalue weighted by molar-refractivity contribution is 7.94. The fourth-order valence-electron chi connectivity index (χ4n) is 8.34. The summed E-state index contributed by atoms with van der Waals surface area (Å²) < 4.78 is 111. The van der Waals surface area contributed by atoms with Crippen molar-refractivity contribution in [3.63, 3.8) is 0 Å². The number of nitrogens with zero attached hydrogens (tertiary/aromatic N) is 3. The van der Waals surface area contributed by atoms with Crippen molar-refractivity contribution < 1.29 is 72.5 Å². The van der Waals surface area contributed by atoms with Crippen molar-refractivity contribution >= 4 is 77.2 Å². The maximum Gasteiger partial charge on any atom is 0.253 e. The van der Waals surface area contributed by atoms with Gasteiger partial charge in [-0.3, -0.25) is 24.3 Å². The van der Waals surface area contributed by atoms with Gasteiger partial charge in [0.2, 0.25) is 11.6 Å². The van der Waals surface area contributed by atoms with Gasteiger partial charge in [0, 0.05) is 95.5 Å². The summed E-state index contributed by atoms with van der Waals surface area (Å²) in [6.07, 6.45) is 13.6. The molecule has 19 nitrogen and oxygen atoms in total. The van der Waals surface area contributed by atoms with E-state index in [1.54, 1.807) is 41.0 Å². The number of fused-ring (bicyclic) bond motifs is 2. The minimum absolute atomic E-state index is 0.00441. The van der Waals surface area contributed by atoms with E-state index in [0.29, 0.717) is 59.6 Å². The molecule has 5 rings (SSSR count). The summed E-state index contributed by atoms with van der Waals surface area (Å²) in [5.41, 5.74) is 2.34. The van der Waals surface area contributed by atoms with Crippen LogP contribution in [0.4, 0.5) is 11.4 Å². The first kappa shape index (κ1) is 51.4. The van der Waals surface area contributed by atoms with Gasteiger partial charge in [0.15, 0.2) is 5.71 Å². The SMILES string of the molecule is CC1(C)C(/C=C/C=C/C=C2\N(CCCS(=O)(=O)[O-])c3ccc(SOO[O-])cc3C2(C)CCCCCC(=O)NCCN2C(=O)C=CC2=O)=[N+](CCCS(=O)(=O)[O-])c2ccc(S(=O)(=O)[O-])cc21. The van der Waals surface area contributed by atoms with E-state index in [9.17, 15) is 58.6 Å². The summed E-state index contributed by atoms with van der Waals surface area (Å²) in [4.78, 5) is 39.2. The Kier molecular flexibility index (Phi) is 16.9. The Morgan fingerprint density at radius 3 is 2.17 bits per heavy atom. The second-order valence-electron chi connectivity index (χ2n) is 16.3. The number of imide groups is 1. The predicted octanol–water partition coefficient (Wildman–Crippen LogP) is 2.83. The van der Waals surface area contributed by atoms with Gasteiger partial charge < -0.3 is 29.1 Å². The van der Waals surface area contributed by atoms with Crippen LogP contribution >= 0.6 is 12.0 Å². The van der Waals surface area contributed by atoms with Crippen LogP contribution in [0, 0.1) is 0 Å². The second-order valence-corrected chi connectivity index (χ2v) is 21.5. The highest BCUT2D eigenvalue weighted by Gasteiger charge is 2.45. The minimum Gasteiger partial charge on any atom is -0.748 e. The Morgan fingerprint density at radius 1 is 0.815 bits per heavy atom. The minimum atomic E-state index is -4.80. The lowest BCUT2D eigenvalue weighted by Crippen LogP contribution is -2.38. The highest BCUT2D eigenvalue weighted by atomic mass is 32.2. The van der Waals surface area contributed by atoms with Crippen molar-refractivity contribution in [2.45, 2.75) is 86.3 Å². The van der Waals surface area contributed by atoms with Gasteiger partial charge in [-0.05, 0) is 82.0 Å².